The number of fused-ring (bicyclic) bond motifs is 2. The average molecular weight is 745 g/mol. The molecule has 2 nitrogen and oxygen atoms in total. The van der Waals surface area contributed by atoms with E-state index in [1.54, 1.807) is 0 Å². The highest BCUT2D eigenvalue weighted by atomic mass is 15.0. The largest absolute Gasteiger partial charge is 0.310 e. The molecule has 6 aromatic carbocycles. The number of rotatable bonds is 2. The molecule has 0 saturated heterocycles. The molecule has 1 aliphatic rings. The van der Waals surface area contributed by atoms with Crippen LogP contribution in [0.15, 0.2) is 194 Å². The Morgan fingerprint density at radius 1 is 0.309 bits per heavy atom. The highest BCUT2D eigenvalue weighted by Gasteiger charge is 1.86. The molecule has 0 atom stereocenters. The second kappa shape index (κ2) is 49.2. The van der Waals surface area contributed by atoms with Crippen LogP contribution in [0.4, 0.5) is 0 Å². The van der Waals surface area contributed by atoms with Crippen LogP contribution in [0, 0.1) is 0 Å². The van der Waals surface area contributed by atoms with E-state index in [0.29, 0.717) is 0 Å². The molecule has 0 spiro atoms. The zero-order chi connectivity index (χ0) is 42.2. The fourth-order valence-corrected chi connectivity index (χ4v) is 3.43. The normalized spacial score (nSPS) is 9.16. The lowest BCUT2D eigenvalue weighted by Crippen LogP contribution is -2.08. The van der Waals surface area contributed by atoms with Crippen molar-refractivity contribution < 1.29 is 0 Å². The minimum absolute atomic E-state index is 1.14. The highest BCUT2D eigenvalue weighted by Crippen LogP contribution is 2.12. The van der Waals surface area contributed by atoms with Crippen molar-refractivity contribution >= 4 is 21.5 Å². The lowest BCUT2D eigenvalue weighted by atomic mass is 10.1. The number of nitrogens with zero attached hydrogens (tertiary/aromatic N) is 2. The van der Waals surface area contributed by atoms with Crippen LogP contribution in [-0.4, -0.2) is 51.1 Å². The smallest absolute Gasteiger partial charge is 0.00533 e. The van der Waals surface area contributed by atoms with Crippen molar-refractivity contribution in [2.45, 2.75) is 75.7 Å². The molecule has 7 rings (SSSR count). The van der Waals surface area contributed by atoms with Gasteiger partial charge in [-0.05, 0) is 69.2 Å². The van der Waals surface area contributed by atoms with Crippen LogP contribution in [0.2, 0.25) is 0 Å². The van der Waals surface area contributed by atoms with Crippen LogP contribution < -0.4 is 0 Å². The molecule has 55 heavy (non-hydrogen) atoms. The van der Waals surface area contributed by atoms with Crippen LogP contribution >= 0.6 is 0 Å². The molecule has 0 aliphatic heterocycles. The van der Waals surface area contributed by atoms with Gasteiger partial charge in [0, 0.05) is 0 Å². The fraction of sp³-hybridized carbons (Fsp3) is 0.321. The SMILES string of the molecule is C1=CCC=C1.CC.CC.CC.CC.CCN(C)C.CCN(C)C.c1ccc2ccccc2c1.c1ccc2ccccc2c1.c1ccccc1.c1ccccc1. The molecule has 0 heterocycles. The Balaban J connectivity index is -0.000000273. The van der Waals surface area contributed by atoms with Gasteiger partial charge in [-0.2, -0.15) is 0 Å². The van der Waals surface area contributed by atoms with Crippen molar-refractivity contribution in [1.82, 2.24) is 9.80 Å². The molecule has 0 radical (unpaired) electrons. The molecular weight excluding hydrogens is 665 g/mol. The summed E-state index contributed by atoms with van der Waals surface area (Å²) in [5.74, 6) is 0. The lowest BCUT2D eigenvalue weighted by molar-refractivity contribution is 0.434. The maximum atomic E-state index is 2.12. The molecule has 0 unspecified atom stereocenters. The summed E-state index contributed by atoms with van der Waals surface area (Å²) >= 11 is 0. The van der Waals surface area contributed by atoms with E-state index < -0.39 is 0 Å². The van der Waals surface area contributed by atoms with Gasteiger partial charge in [-0.15, -0.1) is 0 Å². The van der Waals surface area contributed by atoms with Gasteiger partial charge in [0.15, 0.2) is 0 Å². The molecule has 0 aromatic heterocycles. The Bertz CT molecular complexity index is 1270. The van der Waals surface area contributed by atoms with E-state index in [1.165, 1.54) is 21.5 Å². The van der Waals surface area contributed by atoms with Gasteiger partial charge in [-0.1, -0.05) is 263 Å². The van der Waals surface area contributed by atoms with Crippen LogP contribution in [0.25, 0.3) is 21.5 Å². The first kappa shape index (κ1) is 57.0. The van der Waals surface area contributed by atoms with Crippen LogP contribution in [0.1, 0.15) is 75.7 Å². The first-order valence-corrected chi connectivity index (χ1v) is 20.5. The average Bonchev–Trinajstić information content (AvgIpc) is 3.90. The van der Waals surface area contributed by atoms with Crippen molar-refractivity contribution in [3.8, 4) is 0 Å². The van der Waals surface area contributed by atoms with Crippen molar-refractivity contribution in [1.29, 1.82) is 0 Å². The summed E-state index contributed by atoms with van der Waals surface area (Å²) < 4.78 is 0. The molecule has 0 bridgehead atoms. The molecule has 0 fully saturated rings. The maximum absolute atomic E-state index is 2.12. The minimum atomic E-state index is 1.14. The van der Waals surface area contributed by atoms with Gasteiger partial charge in [0.05, 0.1) is 0 Å². The van der Waals surface area contributed by atoms with E-state index in [0.717, 1.165) is 19.5 Å². The number of hydrogen-bond donors (Lipinski definition) is 0. The number of benzene rings is 6. The topological polar surface area (TPSA) is 6.48 Å². The zero-order valence-corrected chi connectivity index (χ0v) is 37.5. The van der Waals surface area contributed by atoms with E-state index >= 15 is 0 Å². The van der Waals surface area contributed by atoms with E-state index in [2.05, 4.69) is 173 Å². The van der Waals surface area contributed by atoms with Crippen LogP contribution in [0.3, 0.4) is 0 Å². The van der Waals surface area contributed by atoms with E-state index in [-0.39, 0.29) is 0 Å². The van der Waals surface area contributed by atoms with Gasteiger partial charge in [0.1, 0.15) is 0 Å². The van der Waals surface area contributed by atoms with E-state index in [1.807, 2.05) is 128 Å². The summed E-state index contributed by atoms with van der Waals surface area (Å²) in [7, 11) is 8.22. The molecule has 6 aromatic rings. The number of allylic oxidation sites excluding steroid dienone is 4. The summed E-state index contributed by atoms with van der Waals surface area (Å²) in [6.07, 6.45) is 9.50. The first-order chi connectivity index (χ1) is 27.0. The Kier molecular flexibility index (Phi) is 51.0. The Morgan fingerprint density at radius 2 is 0.455 bits per heavy atom. The van der Waals surface area contributed by atoms with Gasteiger partial charge in [-0.3, -0.25) is 0 Å². The van der Waals surface area contributed by atoms with Gasteiger partial charge >= 0.3 is 0 Å². The second-order valence-corrected chi connectivity index (χ2v) is 10.9. The zero-order valence-electron chi connectivity index (χ0n) is 37.5. The summed E-state index contributed by atoms with van der Waals surface area (Å²) in [6.45, 7) is 22.5. The van der Waals surface area contributed by atoms with Crippen molar-refractivity contribution in [2.24, 2.45) is 0 Å². The predicted molar refractivity (Wildman–Crippen MR) is 258 cm³/mol. The summed E-state index contributed by atoms with van der Waals surface area (Å²) in [4.78, 5) is 4.25. The van der Waals surface area contributed by atoms with Crippen molar-refractivity contribution in [3.05, 3.63) is 194 Å². The molecule has 0 saturated carbocycles. The molecule has 1 aliphatic carbocycles. The van der Waals surface area contributed by atoms with Gasteiger partial charge in [-0.25, -0.2) is 0 Å². The molecule has 0 amide bonds. The van der Waals surface area contributed by atoms with E-state index in [4.69, 9.17) is 0 Å². The molecular formula is C53H80N2. The molecule has 0 N–H and O–H groups in total. The summed E-state index contributed by atoms with van der Waals surface area (Å²) in [5, 5.41) is 5.24. The Labute approximate surface area is 341 Å². The molecule has 302 valence electrons. The standard InChI is InChI=1S/2C10H8.2C6H6.C5H6.2C4H11N.4C2H6/c2*1-2-6-10-8-4-3-7-9(10)5-1;2*1-2-4-6-5-3-1;1-2-4-5-3-1;2*1-4-5(2)3;4*1-2/h2*1-8H;2*1-6H;1-4H,5H2;2*4H2,1-3H3;4*1-2H3. The third-order valence-electron chi connectivity index (χ3n) is 6.57. The second-order valence-electron chi connectivity index (χ2n) is 10.9. The van der Waals surface area contributed by atoms with Gasteiger partial charge in [0.2, 0.25) is 0 Å². The van der Waals surface area contributed by atoms with Crippen LogP contribution in [-0.2, 0) is 0 Å². The van der Waals surface area contributed by atoms with Gasteiger partial charge < -0.3 is 9.80 Å². The summed E-state index contributed by atoms with van der Waals surface area (Å²) in [6, 6.07) is 57.4. The quantitative estimate of drug-likeness (QED) is 0.174. The third kappa shape index (κ3) is 40.3. The Hall–Kier alpha value is -4.76. The lowest BCUT2D eigenvalue weighted by Gasteiger charge is -2.00. The maximum Gasteiger partial charge on any atom is -0.00533 e. The van der Waals surface area contributed by atoms with Crippen LogP contribution in [0.5, 0.6) is 0 Å². The van der Waals surface area contributed by atoms with Gasteiger partial charge in [0.25, 0.3) is 0 Å². The van der Waals surface area contributed by atoms with Crippen molar-refractivity contribution in [3.63, 3.8) is 0 Å². The van der Waals surface area contributed by atoms with E-state index in [9.17, 15) is 0 Å². The number of hydrogen-bond acceptors (Lipinski definition) is 2. The minimum Gasteiger partial charge on any atom is -0.310 e. The first-order valence-electron chi connectivity index (χ1n) is 20.5. The molecule has 2 heteroatoms. The van der Waals surface area contributed by atoms with Crippen molar-refractivity contribution in [2.75, 3.05) is 41.3 Å². The summed E-state index contributed by atoms with van der Waals surface area (Å²) in [5.41, 5.74) is 0. The highest BCUT2D eigenvalue weighted by molar-refractivity contribution is 5.82. The fourth-order valence-electron chi connectivity index (χ4n) is 3.43. The Morgan fingerprint density at radius 3 is 0.545 bits per heavy atom. The predicted octanol–water partition coefficient (Wildman–Crippen LogP) is 15.8. The third-order valence-corrected chi connectivity index (χ3v) is 6.57. The monoisotopic (exact) mass is 745 g/mol.